The lowest BCUT2D eigenvalue weighted by molar-refractivity contribution is 0.0792. The molecule has 8 heteroatoms. The molecule has 0 spiro atoms. The van der Waals surface area contributed by atoms with E-state index in [1.54, 1.807) is 24.3 Å². The molecule has 170 valence electrons. The third-order valence-corrected chi connectivity index (χ3v) is 7.99. The Balaban J connectivity index is 1.44. The van der Waals surface area contributed by atoms with Crippen LogP contribution in [-0.2, 0) is 10.0 Å². The lowest BCUT2D eigenvalue weighted by Gasteiger charge is -2.20. The molecule has 0 aromatic heterocycles. The van der Waals surface area contributed by atoms with Gasteiger partial charge in [0.05, 0.1) is 4.90 Å². The molecule has 2 aliphatic rings. The zero-order valence-electron chi connectivity index (χ0n) is 18.1. The van der Waals surface area contributed by atoms with Crippen LogP contribution in [0.1, 0.15) is 59.2 Å². The fourth-order valence-corrected chi connectivity index (χ4v) is 5.76. The van der Waals surface area contributed by atoms with Crippen LogP contribution in [0.4, 0.5) is 5.69 Å². The number of sulfonamides is 1. The van der Waals surface area contributed by atoms with Crippen LogP contribution in [0.3, 0.4) is 0 Å². The van der Waals surface area contributed by atoms with Crippen LogP contribution >= 0.6 is 0 Å². The third-order valence-electron chi connectivity index (χ3n) is 6.08. The van der Waals surface area contributed by atoms with Gasteiger partial charge in [0.1, 0.15) is 0 Å². The molecule has 2 fully saturated rings. The van der Waals surface area contributed by atoms with Gasteiger partial charge in [0, 0.05) is 43.0 Å². The first-order chi connectivity index (χ1) is 15.4. The maximum atomic E-state index is 12.9. The van der Waals surface area contributed by atoms with Gasteiger partial charge in [-0.15, -0.1) is 0 Å². The molecule has 2 aliphatic heterocycles. The highest BCUT2D eigenvalue weighted by Gasteiger charge is 2.25. The SMILES string of the molecule is O=C(Nc1cccc(C(=O)N2CCCC2)c1)c1ccc(S(=O)(=O)N2CCCCCC2)cc1. The largest absolute Gasteiger partial charge is 0.339 e. The van der Waals surface area contributed by atoms with Gasteiger partial charge in [-0.2, -0.15) is 4.31 Å². The summed E-state index contributed by atoms with van der Waals surface area (Å²) in [5.41, 5.74) is 1.43. The molecular formula is C24H29N3O4S. The van der Waals surface area contributed by atoms with Crippen LogP contribution < -0.4 is 5.32 Å². The van der Waals surface area contributed by atoms with E-state index in [2.05, 4.69) is 5.32 Å². The predicted octanol–water partition coefficient (Wildman–Crippen LogP) is 3.74. The zero-order valence-corrected chi connectivity index (χ0v) is 18.9. The summed E-state index contributed by atoms with van der Waals surface area (Å²) in [5, 5.41) is 2.80. The highest BCUT2D eigenvalue weighted by molar-refractivity contribution is 7.89. The minimum absolute atomic E-state index is 0.0262. The molecule has 32 heavy (non-hydrogen) atoms. The Morgan fingerprint density at radius 3 is 2.03 bits per heavy atom. The number of rotatable bonds is 5. The molecule has 0 saturated carbocycles. The molecule has 2 aromatic carbocycles. The van der Waals surface area contributed by atoms with E-state index in [1.165, 1.54) is 28.6 Å². The minimum atomic E-state index is -3.55. The monoisotopic (exact) mass is 455 g/mol. The standard InChI is InChI=1S/C24H29N3O4S/c28-23(25-21-9-7-8-20(18-21)24(29)26-14-5-6-15-26)19-10-12-22(13-11-19)32(30,31)27-16-3-1-2-4-17-27/h7-13,18H,1-6,14-17H2,(H,25,28). The van der Waals surface area contributed by atoms with Crippen molar-refractivity contribution in [3.8, 4) is 0 Å². The van der Waals surface area contributed by atoms with Crippen molar-refractivity contribution in [2.75, 3.05) is 31.5 Å². The van der Waals surface area contributed by atoms with Gasteiger partial charge in [0.25, 0.3) is 11.8 Å². The lowest BCUT2D eigenvalue weighted by atomic mass is 10.1. The van der Waals surface area contributed by atoms with E-state index in [4.69, 9.17) is 0 Å². The number of anilines is 1. The van der Waals surface area contributed by atoms with Crippen LogP contribution in [0, 0.1) is 0 Å². The van der Waals surface area contributed by atoms with E-state index >= 15 is 0 Å². The second-order valence-electron chi connectivity index (χ2n) is 8.38. The van der Waals surface area contributed by atoms with E-state index < -0.39 is 10.0 Å². The van der Waals surface area contributed by atoms with Gasteiger partial charge in [-0.3, -0.25) is 9.59 Å². The average molecular weight is 456 g/mol. The third kappa shape index (κ3) is 5.02. The van der Waals surface area contributed by atoms with Crippen molar-refractivity contribution in [2.45, 2.75) is 43.4 Å². The molecule has 4 rings (SSSR count). The molecule has 0 atom stereocenters. The first kappa shape index (κ1) is 22.5. The summed E-state index contributed by atoms with van der Waals surface area (Å²) in [6.45, 7) is 2.61. The fourth-order valence-electron chi connectivity index (χ4n) is 4.25. The van der Waals surface area contributed by atoms with Gasteiger partial charge in [0.2, 0.25) is 10.0 Å². The molecular weight excluding hydrogens is 426 g/mol. The fraction of sp³-hybridized carbons (Fsp3) is 0.417. The molecule has 0 aliphatic carbocycles. The van der Waals surface area contributed by atoms with Crippen LogP contribution in [0.5, 0.6) is 0 Å². The summed E-state index contributed by atoms with van der Waals surface area (Å²) in [7, 11) is -3.55. The van der Waals surface area contributed by atoms with E-state index in [-0.39, 0.29) is 16.7 Å². The first-order valence-electron chi connectivity index (χ1n) is 11.3. The summed E-state index contributed by atoms with van der Waals surface area (Å²) >= 11 is 0. The molecule has 0 bridgehead atoms. The topological polar surface area (TPSA) is 86.8 Å². The van der Waals surface area contributed by atoms with Gasteiger partial charge >= 0.3 is 0 Å². The first-order valence-corrected chi connectivity index (χ1v) is 12.7. The van der Waals surface area contributed by atoms with Gasteiger partial charge in [0.15, 0.2) is 0 Å². The van der Waals surface area contributed by atoms with Crippen molar-refractivity contribution >= 4 is 27.5 Å². The Kier molecular flexibility index (Phi) is 6.91. The molecule has 2 amide bonds. The smallest absolute Gasteiger partial charge is 0.255 e. The Bertz CT molecular complexity index is 1070. The van der Waals surface area contributed by atoms with E-state index in [0.717, 1.165) is 51.6 Å². The molecule has 2 aromatic rings. The normalized spacial score (nSPS) is 17.7. The van der Waals surface area contributed by atoms with Crippen molar-refractivity contribution in [1.82, 2.24) is 9.21 Å². The van der Waals surface area contributed by atoms with Gasteiger partial charge < -0.3 is 10.2 Å². The summed E-state index contributed by atoms with van der Waals surface area (Å²) < 4.78 is 27.4. The van der Waals surface area contributed by atoms with E-state index in [0.29, 0.717) is 29.9 Å². The molecule has 2 saturated heterocycles. The van der Waals surface area contributed by atoms with E-state index in [9.17, 15) is 18.0 Å². The van der Waals surface area contributed by atoms with Crippen molar-refractivity contribution in [2.24, 2.45) is 0 Å². The summed E-state index contributed by atoms with van der Waals surface area (Å²) in [5.74, 6) is -0.379. The van der Waals surface area contributed by atoms with Gasteiger partial charge in [-0.25, -0.2) is 8.42 Å². The summed E-state index contributed by atoms with van der Waals surface area (Å²) in [4.78, 5) is 27.3. The summed E-state index contributed by atoms with van der Waals surface area (Å²) in [6.07, 6.45) is 5.89. The number of benzene rings is 2. The van der Waals surface area contributed by atoms with Crippen molar-refractivity contribution in [3.05, 3.63) is 59.7 Å². The van der Waals surface area contributed by atoms with Gasteiger partial charge in [-0.1, -0.05) is 18.9 Å². The van der Waals surface area contributed by atoms with Gasteiger partial charge in [-0.05, 0) is 68.1 Å². The second-order valence-corrected chi connectivity index (χ2v) is 10.3. The Hall–Kier alpha value is -2.71. The van der Waals surface area contributed by atoms with Crippen molar-refractivity contribution < 1.29 is 18.0 Å². The number of nitrogens with zero attached hydrogens (tertiary/aromatic N) is 2. The van der Waals surface area contributed by atoms with Crippen molar-refractivity contribution in [1.29, 1.82) is 0 Å². The van der Waals surface area contributed by atoms with E-state index in [1.807, 2.05) is 4.90 Å². The Morgan fingerprint density at radius 1 is 0.750 bits per heavy atom. The summed E-state index contributed by atoms with van der Waals surface area (Å²) in [6, 6.07) is 12.9. The van der Waals surface area contributed by atoms with Crippen LogP contribution in [0.2, 0.25) is 0 Å². The number of carbonyl (C=O) groups is 2. The number of hydrogen-bond acceptors (Lipinski definition) is 4. The number of nitrogens with one attached hydrogen (secondary N) is 1. The van der Waals surface area contributed by atoms with Crippen LogP contribution in [-0.4, -0.2) is 55.6 Å². The van der Waals surface area contributed by atoms with Crippen LogP contribution in [0.25, 0.3) is 0 Å². The molecule has 0 unspecified atom stereocenters. The average Bonchev–Trinajstić information content (AvgIpc) is 3.20. The highest BCUT2D eigenvalue weighted by Crippen LogP contribution is 2.22. The molecule has 2 heterocycles. The maximum absolute atomic E-state index is 12.9. The Morgan fingerprint density at radius 2 is 1.38 bits per heavy atom. The van der Waals surface area contributed by atoms with Crippen LogP contribution in [0.15, 0.2) is 53.4 Å². The molecule has 1 N–H and O–H groups in total. The second kappa shape index (κ2) is 9.83. The number of carbonyl (C=O) groups excluding carboxylic acids is 2. The predicted molar refractivity (Wildman–Crippen MR) is 123 cm³/mol. The quantitative estimate of drug-likeness (QED) is 0.744. The number of hydrogen-bond donors (Lipinski definition) is 1. The number of likely N-dealkylation sites (tertiary alicyclic amines) is 1. The molecule has 0 radical (unpaired) electrons. The lowest BCUT2D eigenvalue weighted by Crippen LogP contribution is -2.31. The minimum Gasteiger partial charge on any atom is -0.339 e. The zero-order chi connectivity index (χ0) is 22.6. The maximum Gasteiger partial charge on any atom is 0.255 e. The molecule has 7 nitrogen and oxygen atoms in total. The highest BCUT2D eigenvalue weighted by atomic mass is 32.2. The number of amides is 2. The van der Waals surface area contributed by atoms with Crippen molar-refractivity contribution in [3.63, 3.8) is 0 Å². The Labute approximate surface area is 189 Å².